The Bertz CT molecular complexity index is 922. The summed E-state index contributed by atoms with van der Waals surface area (Å²) in [5, 5.41) is 17.3. The molecule has 0 saturated heterocycles. The number of nitrogen functional groups attached to an aromatic ring is 1. The van der Waals surface area contributed by atoms with Crippen molar-refractivity contribution in [2.24, 2.45) is 0 Å². The van der Waals surface area contributed by atoms with E-state index in [1.165, 1.54) is 0 Å². The minimum atomic E-state index is 0.471. The summed E-state index contributed by atoms with van der Waals surface area (Å²) in [4.78, 5) is 0. The number of hydrogen-bond acceptors (Lipinski definition) is 5. The smallest absolute Gasteiger partial charge is 0.137 e. The van der Waals surface area contributed by atoms with Crippen molar-refractivity contribution in [2.45, 2.75) is 26.7 Å². The minimum absolute atomic E-state index is 0.471. The highest BCUT2D eigenvalue weighted by atomic mass is 16.5. The number of anilines is 3. The average molecular weight is 335 g/mol. The highest BCUT2D eigenvalue weighted by Crippen LogP contribution is 2.32. The zero-order valence-electron chi connectivity index (χ0n) is 14.4. The van der Waals surface area contributed by atoms with Crippen LogP contribution in [0.4, 0.5) is 17.2 Å². The van der Waals surface area contributed by atoms with Crippen molar-refractivity contribution < 1.29 is 4.74 Å². The van der Waals surface area contributed by atoms with Gasteiger partial charge in [0, 0.05) is 11.3 Å². The third kappa shape index (κ3) is 3.09. The van der Waals surface area contributed by atoms with Gasteiger partial charge in [-0.05, 0) is 43.7 Å². The number of nitrogens with two attached hydrogens (primary N) is 1. The first-order valence-corrected chi connectivity index (χ1v) is 8.37. The SMILES string of the molecule is CCCc1c(N)c(C#N)c2ccnn2c1Nc1ccc(OCC)cc1. The fraction of sp³-hybridized carbons (Fsp3) is 0.263. The van der Waals surface area contributed by atoms with Gasteiger partial charge in [0.25, 0.3) is 0 Å². The first-order valence-electron chi connectivity index (χ1n) is 8.37. The third-order valence-corrected chi connectivity index (χ3v) is 4.03. The van der Waals surface area contributed by atoms with Crippen LogP contribution in [0, 0.1) is 11.3 Å². The predicted molar refractivity (Wildman–Crippen MR) is 99.2 cm³/mol. The summed E-state index contributed by atoms with van der Waals surface area (Å²) in [6.07, 6.45) is 3.35. The molecule has 0 aliphatic carbocycles. The lowest BCUT2D eigenvalue weighted by Gasteiger charge is -2.17. The van der Waals surface area contributed by atoms with E-state index in [2.05, 4.69) is 23.4 Å². The number of nitrogens with one attached hydrogen (secondary N) is 1. The molecule has 0 bridgehead atoms. The molecule has 128 valence electrons. The topological polar surface area (TPSA) is 88.4 Å². The molecule has 0 aliphatic rings. The first-order chi connectivity index (χ1) is 12.2. The highest BCUT2D eigenvalue weighted by Gasteiger charge is 2.18. The maximum absolute atomic E-state index is 9.48. The summed E-state index contributed by atoms with van der Waals surface area (Å²) in [6.45, 7) is 4.67. The lowest BCUT2D eigenvalue weighted by molar-refractivity contribution is 0.340. The zero-order valence-corrected chi connectivity index (χ0v) is 14.4. The van der Waals surface area contributed by atoms with Crippen LogP contribution in [0.1, 0.15) is 31.4 Å². The van der Waals surface area contributed by atoms with Crippen molar-refractivity contribution in [3.8, 4) is 11.8 Å². The van der Waals surface area contributed by atoms with Gasteiger partial charge in [0.15, 0.2) is 0 Å². The van der Waals surface area contributed by atoms with Gasteiger partial charge >= 0.3 is 0 Å². The Kier molecular flexibility index (Phi) is 4.75. The number of aromatic nitrogens is 2. The summed E-state index contributed by atoms with van der Waals surface area (Å²) in [6, 6.07) is 11.7. The Morgan fingerprint density at radius 3 is 2.64 bits per heavy atom. The van der Waals surface area contributed by atoms with Crippen LogP contribution in [0.3, 0.4) is 0 Å². The lowest BCUT2D eigenvalue weighted by atomic mass is 10.0. The molecule has 0 amide bonds. The molecule has 6 nitrogen and oxygen atoms in total. The maximum Gasteiger partial charge on any atom is 0.137 e. The Balaban J connectivity index is 2.09. The number of rotatable bonds is 6. The molecule has 3 aromatic rings. The van der Waals surface area contributed by atoms with E-state index >= 15 is 0 Å². The first kappa shape index (κ1) is 16.7. The number of hydrogen-bond donors (Lipinski definition) is 2. The molecule has 0 fully saturated rings. The van der Waals surface area contributed by atoms with Crippen LogP contribution in [0.2, 0.25) is 0 Å². The van der Waals surface area contributed by atoms with Crippen molar-refractivity contribution in [1.29, 1.82) is 5.26 Å². The molecular weight excluding hydrogens is 314 g/mol. The van der Waals surface area contributed by atoms with Crippen LogP contribution in [0.15, 0.2) is 36.5 Å². The molecule has 0 saturated carbocycles. The average Bonchev–Trinajstić information content (AvgIpc) is 3.09. The number of benzene rings is 1. The van der Waals surface area contributed by atoms with Crippen molar-refractivity contribution >= 4 is 22.7 Å². The summed E-state index contributed by atoms with van der Waals surface area (Å²) in [5.74, 6) is 1.62. The number of nitriles is 1. The zero-order chi connectivity index (χ0) is 17.8. The summed E-state index contributed by atoms with van der Waals surface area (Å²) < 4.78 is 7.23. The van der Waals surface area contributed by atoms with Crippen molar-refractivity contribution in [3.63, 3.8) is 0 Å². The van der Waals surface area contributed by atoms with Crippen molar-refractivity contribution in [1.82, 2.24) is 9.61 Å². The molecule has 0 aliphatic heterocycles. The maximum atomic E-state index is 9.48. The van der Waals surface area contributed by atoms with Crippen LogP contribution >= 0.6 is 0 Å². The van der Waals surface area contributed by atoms with Gasteiger partial charge in [-0.2, -0.15) is 10.4 Å². The van der Waals surface area contributed by atoms with Gasteiger partial charge in [-0.1, -0.05) is 13.3 Å². The van der Waals surface area contributed by atoms with Gasteiger partial charge in [-0.15, -0.1) is 0 Å². The predicted octanol–water partition coefficient (Wildman–Crippen LogP) is 3.88. The monoisotopic (exact) mass is 335 g/mol. The molecule has 6 heteroatoms. The quantitative estimate of drug-likeness (QED) is 0.713. The number of pyridine rings is 1. The number of ether oxygens (including phenoxy) is 1. The van der Waals surface area contributed by atoms with Crippen LogP contribution in [-0.2, 0) is 6.42 Å². The van der Waals surface area contributed by atoms with E-state index < -0.39 is 0 Å². The summed E-state index contributed by atoms with van der Waals surface area (Å²) >= 11 is 0. The molecule has 0 unspecified atom stereocenters. The molecule has 3 N–H and O–H groups in total. The molecule has 2 aromatic heterocycles. The normalized spacial score (nSPS) is 10.6. The van der Waals surface area contributed by atoms with E-state index in [0.29, 0.717) is 23.4 Å². The highest BCUT2D eigenvalue weighted by molar-refractivity contribution is 5.81. The molecule has 2 heterocycles. The summed E-state index contributed by atoms with van der Waals surface area (Å²) in [7, 11) is 0. The molecular formula is C19H21N5O. The van der Waals surface area contributed by atoms with E-state index in [1.54, 1.807) is 16.8 Å². The van der Waals surface area contributed by atoms with Crippen molar-refractivity contribution in [3.05, 3.63) is 47.7 Å². The standard InChI is InChI=1S/C19H21N5O/c1-3-5-15-18(21)16(12-20)17-10-11-22-24(17)19(15)23-13-6-8-14(9-7-13)25-4-2/h6-11,23H,3-5,21H2,1-2H3. The van der Waals surface area contributed by atoms with Gasteiger partial charge < -0.3 is 15.8 Å². The third-order valence-electron chi connectivity index (χ3n) is 4.03. The second-order valence-corrected chi connectivity index (χ2v) is 5.69. The molecule has 1 aromatic carbocycles. The fourth-order valence-corrected chi connectivity index (χ4v) is 2.90. The fourth-order valence-electron chi connectivity index (χ4n) is 2.90. The number of nitrogens with zero attached hydrogens (tertiary/aromatic N) is 3. The van der Waals surface area contributed by atoms with Crippen LogP contribution in [0.5, 0.6) is 5.75 Å². The van der Waals surface area contributed by atoms with E-state index in [0.717, 1.165) is 35.7 Å². The molecule has 3 rings (SSSR count). The van der Waals surface area contributed by atoms with Gasteiger partial charge in [0.2, 0.25) is 0 Å². The van der Waals surface area contributed by atoms with Gasteiger partial charge in [0.1, 0.15) is 23.2 Å². The van der Waals surface area contributed by atoms with Crippen molar-refractivity contribution in [2.75, 3.05) is 17.7 Å². The van der Waals surface area contributed by atoms with Gasteiger partial charge in [-0.25, -0.2) is 4.52 Å². The Morgan fingerprint density at radius 1 is 1.24 bits per heavy atom. The van der Waals surface area contributed by atoms with E-state index in [1.807, 2.05) is 31.2 Å². The largest absolute Gasteiger partial charge is 0.494 e. The van der Waals surface area contributed by atoms with Gasteiger partial charge in [-0.3, -0.25) is 0 Å². The second-order valence-electron chi connectivity index (χ2n) is 5.69. The molecule has 0 radical (unpaired) electrons. The molecule has 0 spiro atoms. The molecule has 0 atom stereocenters. The lowest BCUT2D eigenvalue weighted by Crippen LogP contribution is -2.10. The number of fused-ring (bicyclic) bond motifs is 1. The molecule has 25 heavy (non-hydrogen) atoms. The summed E-state index contributed by atoms with van der Waals surface area (Å²) in [5.41, 5.74) is 9.80. The Hall–Kier alpha value is -3.20. The second kappa shape index (κ2) is 7.14. The Morgan fingerprint density at radius 2 is 2.00 bits per heavy atom. The van der Waals surface area contributed by atoms with Crippen LogP contribution in [-0.4, -0.2) is 16.2 Å². The minimum Gasteiger partial charge on any atom is -0.494 e. The Labute approximate surface area is 146 Å². The van der Waals surface area contributed by atoms with Gasteiger partial charge in [0.05, 0.1) is 24.0 Å². The van der Waals surface area contributed by atoms with E-state index in [4.69, 9.17) is 10.5 Å². The van der Waals surface area contributed by atoms with Crippen LogP contribution < -0.4 is 15.8 Å². The van der Waals surface area contributed by atoms with Crippen LogP contribution in [0.25, 0.3) is 5.52 Å². The van der Waals surface area contributed by atoms with E-state index in [-0.39, 0.29) is 0 Å². The van der Waals surface area contributed by atoms with E-state index in [9.17, 15) is 5.26 Å².